The molecular formula is C17H21N3O3. The highest BCUT2D eigenvalue weighted by molar-refractivity contribution is 5.87. The van der Waals surface area contributed by atoms with Gasteiger partial charge in [0.25, 0.3) is 5.56 Å². The topological polar surface area (TPSA) is 68.8 Å². The Hall–Kier alpha value is -2.18. The van der Waals surface area contributed by atoms with Crippen LogP contribution in [0.2, 0.25) is 0 Å². The minimum absolute atomic E-state index is 0.0183. The van der Waals surface area contributed by atoms with Crippen LogP contribution in [0, 0.1) is 0 Å². The maximum absolute atomic E-state index is 12.7. The van der Waals surface area contributed by atoms with E-state index in [4.69, 9.17) is 4.74 Å². The summed E-state index contributed by atoms with van der Waals surface area (Å²) in [6.45, 7) is 6.26. The molecule has 0 bridgehead atoms. The molecule has 0 saturated heterocycles. The predicted molar refractivity (Wildman–Crippen MR) is 88.7 cm³/mol. The molecule has 6 nitrogen and oxygen atoms in total. The van der Waals surface area contributed by atoms with Gasteiger partial charge in [0.2, 0.25) is 0 Å². The fourth-order valence-corrected chi connectivity index (χ4v) is 2.80. The molecule has 2 aromatic heterocycles. The third kappa shape index (κ3) is 2.75. The van der Waals surface area contributed by atoms with E-state index in [2.05, 4.69) is 5.10 Å². The molecule has 0 radical (unpaired) electrons. The Morgan fingerprint density at radius 2 is 2.00 bits per heavy atom. The van der Waals surface area contributed by atoms with Crippen molar-refractivity contribution in [2.45, 2.75) is 39.5 Å². The second-order valence-electron chi connectivity index (χ2n) is 5.83. The lowest BCUT2D eigenvalue weighted by Gasteiger charge is -2.15. The first-order chi connectivity index (χ1) is 11.0. The molecule has 1 unspecified atom stereocenters. The van der Waals surface area contributed by atoms with Gasteiger partial charge < -0.3 is 9.84 Å². The molecule has 23 heavy (non-hydrogen) atoms. The van der Waals surface area contributed by atoms with Crippen molar-refractivity contribution in [2.24, 2.45) is 0 Å². The van der Waals surface area contributed by atoms with E-state index in [1.165, 1.54) is 4.68 Å². The number of hydrogen-bond donors (Lipinski definition) is 1. The Balaban J connectivity index is 2.26. The van der Waals surface area contributed by atoms with Crippen molar-refractivity contribution < 1.29 is 9.84 Å². The van der Waals surface area contributed by atoms with E-state index in [-0.39, 0.29) is 18.0 Å². The van der Waals surface area contributed by atoms with Gasteiger partial charge in [-0.15, -0.1) is 0 Å². The first-order valence-electron chi connectivity index (χ1n) is 7.83. The van der Waals surface area contributed by atoms with Gasteiger partial charge in [-0.3, -0.25) is 9.20 Å². The standard InChI is InChI=1S/C17H21N3O3/c1-4-23-15(21)10-19-17(22)14-9-12-7-5-6-8-13(12)20(14)16(18-19)11(2)3/h5-9,11,15,21H,4,10H2,1-3H3. The monoisotopic (exact) mass is 315 g/mol. The second kappa shape index (κ2) is 6.14. The highest BCUT2D eigenvalue weighted by Gasteiger charge is 2.17. The summed E-state index contributed by atoms with van der Waals surface area (Å²) < 4.78 is 8.33. The Kier molecular flexibility index (Phi) is 4.19. The number of aliphatic hydroxyl groups is 1. The van der Waals surface area contributed by atoms with Gasteiger partial charge in [-0.25, -0.2) is 4.68 Å². The average Bonchev–Trinajstić information content (AvgIpc) is 2.90. The van der Waals surface area contributed by atoms with Crippen molar-refractivity contribution in [3.05, 3.63) is 46.5 Å². The summed E-state index contributed by atoms with van der Waals surface area (Å²) in [6, 6.07) is 9.72. The number of benzene rings is 1. The molecule has 3 aromatic rings. The number of ether oxygens (including phenoxy) is 1. The summed E-state index contributed by atoms with van der Waals surface area (Å²) in [5.74, 6) is 0.911. The number of fused-ring (bicyclic) bond motifs is 3. The van der Waals surface area contributed by atoms with Gasteiger partial charge in [-0.2, -0.15) is 5.10 Å². The molecule has 1 aromatic carbocycles. The van der Waals surface area contributed by atoms with E-state index in [1.54, 1.807) is 6.92 Å². The van der Waals surface area contributed by atoms with Crippen molar-refractivity contribution in [3.63, 3.8) is 0 Å². The van der Waals surface area contributed by atoms with Gasteiger partial charge in [-0.05, 0) is 19.1 Å². The molecule has 0 fully saturated rings. The van der Waals surface area contributed by atoms with Crippen LogP contribution in [-0.4, -0.2) is 32.2 Å². The summed E-state index contributed by atoms with van der Waals surface area (Å²) in [4.78, 5) is 12.7. The largest absolute Gasteiger partial charge is 0.366 e. The number of aromatic nitrogens is 3. The number of hydrogen-bond acceptors (Lipinski definition) is 4. The van der Waals surface area contributed by atoms with Crippen LogP contribution in [0.5, 0.6) is 0 Å². The van der Waals surface area contributed by atoms with Crippen LogP contribution in [-0.2, 0) is 11.3 Å². The van der Waals surface area contributed by atoms with Crippen LogP contribution in [0.25, 0.3) is 16.4 Å². The lowest BCUT2D eigenvalue weighted by atomic mass is 10.2. The first kappa shape index (κ1) is 15.7. The fraction of sp³-hybridized carbons (Fsp3) is 0.412. The summed E-state index contributed by atoms with van der Waals surface area (Å²) in [7, 11) is 0. The van der Waals surface area contributed by atoms with Crippen LogP contribution < -0.4 is 5.56 Å². The lowest BCUT2D eigenvalue weighted by Crippen LogP contribution is -2.32. The minimum Gasteiger partial charge on any atom is -0.366 e. The smallest absolute Gasteiger partial charge is 0.291 e. The summed E-state index contributed by atoms with van der Waals surface area (Å²) in [5, 5.41) is 15.3. The van der Waals surface area contributed by atoms with Gasteiger partial charge in [0.1, 0.15) is 11.3 Å². The molecule has 2 heterocycles. The average molecular weight is 315 g/mol. The quantitative estimate of drug-likeness (QED) is 0.732. The molecule has 0 aliphatic heterocycles. The van der Waals surface area contributed by atoms with E-state index in [9.17, 15) is 9.90 Å². The van der Waals surface area contributed by atoms with Crippen molar-refractivity contribution >= 4 is 16.4 Å². The van der Waals surface area contributed by atoms with Gasteiger partial charge in [0.15, 0.2) is 6.29 Å². The van der Waals surface area contributed by atoms with E-state index in [0.29, 0.717) is 12.1 Å². The Morgan fingerprint density at radius 1 is 1.26 bits per heavy atom. The van der Waals surface area contributed by atoms with E-state index in [0.717, 1.165) is 16.7 Å². The molecule has 0 amide bonds. The zero-order valence-corrected chi connectivity index (χ0v) is 13.6. The molecule has 6 heteroatoms. The molecule has 0 spiro atoms. The summed E-state index contributed by atoms with van der Waals surface area (Å²) in [5.41, 5.74) is 1.30. The molecule has 1 N–H and O–H groups in total. The number of nitrogens with zero attached hydrogens (tertiary/aromatic N) is 3. The Labute approximate surface area is 133 Å². The Morgan fingerprint density at radius 3 is 2.70 bits per heavy atom. The van der Waals surface area contributed by atoms with Crippen molar-refractivity contribution in [1.82, 2.24) is 14.2 Å². The summed E-state index contributed by atoms with van der Waals surface area (Å²) in [6.07, 6.45) is -1.04. The van der Waals surface area contributed by atoms with E-state index < -0.39 is 6.29 Å². The van der Waals surface area contributed by atoms with Crippen LogP contribution in [0.4, 0.5) is 0 Å². The SMILES string of the molecule is CCOC(O)Cn1nc(C(C)C)n2c(cc3ccccc32)c1=O. The molecule has 0 aliphatic rings. The number of aliphatic hydroxyl groups excluding tert-OH is 1. The van der Waals surface area contributed by atoms with Gasteiger partial charge >= 0.3 is 0 Å². The lowest BCUT2D eigenvalue weighted by molar-refractivity contribution is -0.106. The van der Waals surface area contributed by atoms with Crippen molar-refractivity contribution in [1.29, 1.82) is 0 Å². The highest BCUT2D eigenvalue weighted by Crippen LogP contribution is 2.22. The molecule has 0 aliphatic carbocycles. The predicted octanol–water partition coefficient (Wildman–Crippen LogP) is 2.13. The maximum Gasteiger partial charge on any atom is 0.291 e. The Bertz CT molecular complexity index is 895. The number of rotatable bonds is 5. The van der Waals surface area contributed by atoms with Gasteiger partial charge in [-0.1, -0.05) is 32.0 Å². The third-order valence-electron chi connectivity index (χ3n) is 3.82. The van der Waals surface area contributed by atoms with Crippen LogP contribution >= 0.6 is 0 Å². The third-order valence-corrected chi connectivity index (χ3v) is 3.82. The molecular weight excluding hydrogens is 294 g/mol. The normalized spacial score (nSPS) is 13.3. The minimum atomic E-state index is -1.04. The fourth-order valence-electron chi connectivity index (χ4n) is 2.80. The highest BCUT2D eigenvalue weighted by atomic mass is 16.6. The molecule has 122 valence electrons. The van der Waals surface area contributed by atoms with Gasteiger partial charge in [0.05, 0.1) is 12.1 Å². The van der Waals surface area contributed by atoms with Crippen molar-refractivity contribution in [3.8, 4) is 0 Å². The molecule has 1 atom stereocenters. The van der Waals surface area contributed by atoms with E-state index in [1.807, 2.05) is 48.6 Å². The van der Waals surface area contributed by atoms with Gasteiger partial charge in [0, 0.05) is 17.9 Å². The number of para-hydroxylation sites is 1. The summed E-state index contributed by atoms with van der Waals surface area (Å²) >= 11 is 0. The maximum atomic E-state index is 12.7. The zero-order chi connectivity index (χ0) is 16.6. The first-order valence-corrected chi connectivity index (χ1v) is 7.83. The van der Waals surface area contributed by atoms with Crippen LogP contribution in [0.15, 0.2) is 35.1 Å². The zero-order valence-electron chi connectivity index (χ0n) is 13.6. The van der Waals surface area contributed by atoms with E-state index >= 15 is 0 Å². The second-order valence-corrected chi connectivity index (χ2v) is 5.83. The molecule has 3 rings (SSSR count). The van der Waals surface area contributed by atoms with Crippen LogP contribution in [0.3, 0.4) is 0 Å². The van der Waals surface area contributed by atoms with Crippen molar-refractivity contribution in [2.75, 3.05) is 6.61 Å². The molecule has 0 saturated carbocycles. The van der Waals surface area contributed by atoms with Crippen LogP contribution in [0.1, 0.15) is 32.5 Å².